The number of hydrogen-bond donors (Lipinski definition) is 3. The lowest BCUT2D eigenvalue weighted by Crippen LogP contribution is -2.47. The van der Waals surface area contributed by atoms with Crippen molar-refractivity contribution in [2.24, 2.45) is 0 Å². The molecule has 0 spiro atoms. The molecule has 2 heterocycles. The van der Waals surface area contributed by atoms with Crippen molar-refractivity contribution in [1.82, 2.24) is 9.88 Å². The van der Waals surface area contributed by atoms with Gasteiger partial charge in [-0.3, -0.25) is 9.10 Å². The summed E-state index contributed by atoms with van der Waals surface area (Å²) in [6.07, 6.45) is 1.87. The molecule has 210 valence electrons. The van der Waals surface area contributed by atoms with Gasteiger partial charge in [0.1, 0.15) is 0 Å². The number of benzene rings is 3. The summed E-state index contributed by atoms with van der Waals surface area (Å²) in [4.78, 5) is 13.7. The van der Waals surface area contributed by atoms with Crippen molar-refractivity contribution < 1.29 is 18.3 Å². The molecular weight excluding hydrogens is 548 g/mol. The summed E-state index contributed by atoms with van der Waals surface area (Å²) in [5.41, 5.74) is 4.32. The molecule has 1 aromatic heterocycles. The van der Waals surface area contributed by atoms with Gasteiger partial charge >= 0.3 is 0 Å². The molecule has 5 rings (SSSR count). The van der Waals surface area contributed by atoms with Crippen LogP contribution in [0.2, 0.25) is 5.02 Å². The van der Waals surface area contributed by atoms with Crippen molar-refractivity contribution in [1.29, 1.82) is 0 Å². The maximum Gasteiger partial charge on any atom is 0.251 e. The van der Waals surface area contributed by atoms with Gasteiger partial charge in [0.05, 0.1) is 29.1 Å². The summed E-state index contributed by atoms with van der Waals surface area (Å²) >= 11 is 6.10. The lowest BCUT2D eigenvalue weighted by Gasteiger charge is -2.26. The number of amides is 1. The number of nitrogens with one attached hydrogen (secondary N) is 2. The number of hydrogen-bond acceptors (Lipinski definition) is 5. The third kappa shape index (κ3) is 5.82. The Morgan fingerprint density at radius 1 is 1.10 bits per heavy atom. The predicted octanol–water partition coefficient (Wildman–Crippen LogP) is 4.45. The first-order valence-electron chi connectivity index (χ1n) is 13.3. The molecule has 3 aromatic carbocycles. The van der Waals surface area contributed by atoms with Crippen LogP contribution in [-0.2, 0) is 29.4 Å². The van der Waals surface area contributed by atoms with Crippen LogP contribution in [-0.4, -0.2) is 55.5 Å². The highest BCUT2D eigenvalue weighted by Gasteiger charge is 2.29. The van der Waals surface area contributed by atoms with E-state index in [4.69, 9.17) is 11.6 Å². The van der Waals surface area contributed by atoms with Gasteiger partial charge in [0.15, 0.2) is 0 Å². The van der Waals surface area contributed by atoms with E-state index in [0.717, 1.165) is 27.7 Å². The first-order valence-corrected chi connectivity index (χ1v) is 15.3. The van der Waals surface area contributed by atoms with Gasteiger partial charge in [-0.15, -0.1) is 0 Å². The van der Waals surface area contributed by atoms with E-state index in [2.05, 4.69) is 10.6 Å². The van der Waals surface area contributed by atoms with Gasteiger partial charge in [-0.05, 0) is 61.2 Å². The average Bonchev–Trinajstić information content (AvgIpc) is 3.27. The molecule has 1 amide bonds. The van der Waals surface area contributed by atoms with E-state index >= 15 is 0 Å². The monoisotopic (exact) mass is 580 g/mol. The van der Waals surface area contributed by atoms with Crippen LogP contribution in [0.15, 0.2) is 72.9 Å². The first kappa shape index (κ1) is 28.0. The first-order chi connectivity index (χ1) is 19.2. The second-order valence-corrected chi connectivity index (χ2v) is 12.6. The van der Waals surface area contributed by atoms with Crippen molar-refractivity contribution in [2.45, 2.75) is 38.5 Å². The lowest BCUT2D eigenvalue weighted by molar-refractivity contribution is 0.0851. The fraction of sp³-hybridized carbons (Fsp3) is 0.300. The van der Waals surface area contributed by atoms with E-state index in [9.17, 15) is 18.3 Å². The minimum Gasteiger partial charge on any atom is -0.389 e. The zero-order chi connectivity index (χ0) is 28.4. The Kier molecular flexibility index (Phi) is 8.07. The van der Waals surface area contributed by atoms with Crippen molar-refractivity contribution in [3.8, 4) is 0 Å². The molecule has 0 fully saturated rings. The number of aryl methyl sites for hydroxylation is 2. The molecule has 0 aliphatic carbocycles. The molecule has 3 N–H and O–H groups in total. The molecule has 10 heteroatoms. The number of aliphatic hydroxyl groups excluding tert-OH is 1. The molecule has 0 saturated carbocycles. The quantitative estimate of drug-likeness (QED) is 0.271. The van der Waals surface area contributed by atoms with Crippen LogP contribution in [0.1, 0.15) is 28.4 Å². The number of carbonyl (C=O) groups excluding carboxylic acids is 1. The summed E-state index contributed by atoms with van der Waals surface area (Å²) in [5, 5.41) is 18.9. The van der Waals surface area contributed by atoms with E-state index in [0.29, 0.717) is 35.7 Å². The van der Waals surface area contributed by atoms with Crippen LogP contribution < -0.4 is 14.9 Å². The minimum absolute atomic E-state index is 0.00745. The number of sulfonamides is 1. The van der Waals surface area contributed by atoms with Crippen molar-refractivity contribution in [2.75, 3.05) is 29.0 Å². The van der Waals surface area contributed by atoms with Crippen molar-refractivity contribution >= 4 is 49.8 Å². The van der Waals surface area contributed by atoms with E-state index in [-0.39, 0.29) is 18.2 Å². The fourth-order valence-corrected chi connectivity index (χ4v) is 6.60. The molecule has 1 aliphatic heterocycles. The minimum atomic E-state index is -3.52. The van der Waals surface area contributed by atoms with E-state index < -0.39 is 22.2 Å². The van der Waals surface area contributed by atoms with Gasteiger partial charge in [0, 0.05) is 48.0 Å². The van der Waals surface area contributed by atoms with Crippen LogP contribution in [0.3, 0.4) is 0 Å². The topological polar surface area (TPSA) is 104 Å². The second kappa shape index (κ2) is 11.5. The standard InChI is InChI=1S/C30H33ClN4O4S/c1-3-35-19-21-12-13-40(38,39)34(2)26-15-22(16-27(35)29(21)26)30(37)33-25(14-20-8-5-4-6-9-20)28(36)18-32-24-11-7-10-23(31)17-24/h4-11,15-17,19,25,28,32,36H,3,12-14,18H2,1-2H3,(H,33,37)/t25-,28+/m0/s1. The Morgan fingerprint density at radius 2 is 1.88 bits per heavy atom. The lowest BCUT2D eigenvalue weighted by atomic mass is 10.00. The molecule has 8 nitrogen and oxygen atoms in total. The smallest absolute Gasteiger partial charge is 0.251 e. The van der Waals surface area contributed by atoms with Gasteiger partial charge < -0.3 is 20.3 Å². The van der Waals surface area contributed by atoms with E-state index in [1.807, 2.05) is 66.2 Å². The Hall–Kier alpha value is -3.53. The molecule has 0 bridgehead atoms. The highest BCUT2D eigenvalue weighted by Crippen LogP contribution is 2.37. The number of anilines is 2. The summed E-state index contributed by atoms with van der Waals surface area (Å²) in [7, 11) is -1.99. The van der Waals surface area contributed by atoms with Gasteiger partial charge in [-0.2, -0.15) is 0 Å². The molecule has 1 aliphatic rings. The number of nitrogens with zero attached hydrogens (tertiary/aromatic N) is 2. The Bertz CT molecular complexity index is 1640. The molecule has 0 saturated heterocycles. The highest BCUT2D eigenvalue weighted by atomic mass is 35.5. The number of aliphatic hydroxyl groups is 1. The zero-order valence-corrected chi connectivity index (χ0v) is 24.0. The zero-order valence-electron chi connectivity index (χ0n) is 22.5. The molecular formula is C30H33ClN4O4S. The molecule has 2 atom stereocenters. The SMILES string of the molecule is CCn1cc2c3c(cc(C(=O)N[C@@H](Cc4ccccc4)[C@H](O)CNc4cccc(Cl)c4)cc31)N(C)S(=O)(=O)CC2. The highest BCUT2D eigenvalue weighted by molar-refractivity contribution is 7.92. The fourth-order valence-electron chi connectivity index (χ4n) is 5.21. The van der Waals surface area contributed by atoms with E-state index in [1.54, 1.807) is 18.2 Å². The summed E-state index contributed by atoms with van der Waals surface area (Å²) in [6, 6.07) is 19.7. The summed E-state index contributed by atoms with van der Waals surface area (Å²) < 4.78 is 29.1. The summed E-state index contributed by atoms with van der Waals surface area (Å²) in [6.45, 7) is 2.88. The second-order valence-electron chi connectivity index (χ2n) is 10.1. The molecule has 0 unspecified atom stereocenters. The molecule has 0 radical (unpaired) electrons. The van der Waals surface area contributed by atoms with Crippen molar-refractivity contribution in [3.63, 3.8) is 0 Å². The van der Waals surface area contributed by atoms with Crippen LogP contribution in [0.5, 0.6) is 0 Å². The average molecular weight is 581 g/mol. The Labute approximate surface area is 239 Å². The Balaban J connectivity index is 1.46. The number of carbonyl (C=O) groups is 1. The van der Waals surface area contributed by atoms with Gasteiger partial charge in [-0.1, -0.05) is 48.0 Å². The maximum absolute atomic E-state index is 13.7. The third-order valence-electron chi connectivity index (χ3n) is 7.45. The number of halogens is 1. The third-order valence-corrected chi connectivity index (χ3v) is 9.43. The maximum atomic E-state index is 13.7. The Morgan fingerprint density at radius 3 is 2.60 bits per heavy atom. The van der Waals surface area contributed by atoms with Crippen LogP contribution in [0.4, 0.5) is 11.4 Å². The van der Waals surface area contributed by atoms with Gasteiger partial charge in [0.2, 0.25) is 10.0 Å². The van der Waals surface area contributed by atoms with Gasteiger partial charge in [-0.25, -0.2) is 8.42 Å². The molecule has 40 heavy (non-hydrogen) atoms. The van der Waals surface area contributed by atoms with E-state index in [1.165, 1.54) is 11.4 Å². The van der Waals surface area contributed by atoms with Crippen LogP contribution in [0.25, 0.3) is 10.9 Å². The molecule has 4 aromatic rings. The largest absolute Gasteiger partial charge is 0.389 e. The normalized spacial score (nSPS) is 15.8. The summed E-state index contributed by atoms with van der Waals surface area (Å²) in [5.74, 6) is -0.380. The van der Waals surface area contributed by atoms with Crippen LogP contribution in [0, 0.1) is 0 Å². The number of aromatic nitrogens is 1. The van der Waals surface area contributed by atoms with Crippen LogP contribution >= 0.6 is 11.6 Å². The predicted molar refractivity (Wildman–Crippen MR) is 161 cm³/mol. The number of rotatable bonds is 9. The van der Waals surface area contributed by atoms with Gasteiger partial charge in [0.25, 0.3) is 5.91 Å². The van der Waals surface area contributed by atoms with Crippen molar-refractivity contribution in [3.05, 3.63) is 94.6 Å².